The van der Waals surface area contributed by atoms with Gasteiger partial charge in [0.2, 0.25) is 5.08 Å². The molecule has 0 spiro atoms. The predicted molar refractivity (Wildman–Crippen MR) is 36.5 cm³/mol. The van der Waals surface area contributed by atoms with Gasteiger partial charge < -0.3 is 0 Å². The number of hydrogen-bond donors (Lipinski definition) is 2. The van der Waals surface area contributed by atoms with Crippen LogP contribution in [0.5, 0.6) is 0 Å². The normalized spacial score (nSPS) is 12.2. The first kappa shape index (κ1) is 13.7. The van der Waals surface area contributed by atoms with Gasteiger partial charge >= 0.3 is 37.7 Å². The zero-order valence-electron chi connectivity index (χ0n) is 4.05. The summed E-state index contributed by atoms with van der Waals surface area (Å²) in [5.74, 6) is 0. The molecule has 0 bridgehead atoms. The fourth-order valence-electron chi connectivity index (χ4n) is 0.188. The van der Waals surface area contributed by atoms with E-state index in [4.69, 9.17) is 9.11 Å². The van der Waals surface area contributed by atoms with E-state index in [0.29, 0.717) is 0 Å². The van der Waals surface area contributed by atoms with Gasteiger partial charge in [-0.25, -0.2) is 0 Å². The first-order chi connectivity index (χ1) is 3.71. The molecule has 9 heteroatoms. The van der Waals surface area contributed by atoms with Gasteiger partial charge in [0.05, 0.1) is 0 Å². The van der Waals surface area contributed by atoms with E-state index in [9.17, 15) is 16.8 Å². The second-order valence-corrected chi connectivity index (χ2v) is 4.55. The molecule has 6 nitrogen and oxygen atoms in total. The monoisotopic (exact) mass is 218 g/mol. The van der Waals surface area contributed by atoms with Crippen LogP contribution < -0.4 is 0 Å². The molecule has 60 valence electrons. The van der Waals surface area contributed by atoms with E-state index in [2.05, 4.69) is 0 Å². The zero-order valence-corrected chi connectivity index (χ0v) is 5.68. The molecular weight excluding hydrogens is 212 g/mol. The van der Waals surface area contributed by atoms with Gasteiger partial charge in [0.25, 0.3) is 20.2 Å². The van der Waals surface area contributed by atoms with Crippen LogP contribution in [-0.2, 0) is 20.2 Å². The Morgan fingerprint density at radius 3 is 1.10 bits per heavy atom. The Bertz CT molecular complexity index is 241. The minimum absolute atomic E-state index is 0. The van der Waals surface area contributed by atoms with Crippen LogP contribution in [0.2, 0.25) is 0 Å². The average Bonchev–Trinajstić information content (AvgIpc) is 1.14. The summed E-state index contributed by atoms with van der Waals surface area (Å²) in [7, 11) is -9.24. The Kier molecular flexibility index (Phi) is 5.72. The Balaban J connectivity index is 0. The summed E-state index contributed by atoms with van der Waals surface area (Å²) in [5.41, 5.74) is 0. The third kappa shape index (κ3) is 11.8. The van der Waals surface area contributed by atoms with Crippen molar-refractivity contribution in [2.24, 2.45) is 0 Å². The van der Waals surface area contributed by atoms with Gasteiger partial charge in [-0.3, -0.25) is 9.11 Å². The molecule has 0 radical (unpaired) electrons. The fourth-order valence-corrected chi connectivity index (χ4v) is 1.69. The molecule has 0 aliphatic heterocycles. The molecule has 0 aliphatic carbocycles. The standard InChI is InChI=1S/CH4O6S2.Ca.2H/c2-8(3,4)1-9(5,6)7;;;/h1H2,(H,2,3,4)(H,5,6,7);;;. The molecule has 0 aromatic carbocycles. The molecule has 0 saturated carbocycles. The maximum atomic E-state index is 9.66. The molecule has 0 amide bonds. The van der Waals surface area contributed by atoms with Crippen LogP contribution in [0.15, 0.2) is 0 Å². The maximum absolute atomic E-state index is 9.66. The van der Waals surface area contributed by atoms with Crippen LogP contribution in [0.4, 0.5) is 0 Å². The van der Waals surface area contributed by atoms with Crippen molar-refractivity contribution >= 4 is 58.0 Å². The van der Waals surface area contributed by atoms with Crippen molar-refractivity contribution in [2.75, 3.05) is 5.08 Å². The average molecular weight is 218 g/mol. The molecule has 0 aliphatic rings. The fraction of sp³-hybridized carbons (Fsp3) is 1.00. The van der Waals surface area contributed by atoms with Gasteiger partial charge in [-0.15, -0.1) is 0 Å². The van der Waals surface area contributed by atoms with Crippen molar-refractivity contribution in [3.63, 3.8) is 0 Å². The van der Waals surface area contributed by atoms with Gasteiger partial charge in [0, 0.05) is 0 Å². The van der Waals surface area contributed by atoms with E-state index >= 15 is 0 Å². The van der Waals surface area contributed by atoms with Crippen LogP contribution in [0.1, 0.15) is 0 Å². The molecule has 0 aromatic rings. The van der Waals surface area contributed by atoms with Crippen LogP contribution in [0, 0.1) is 0 Å². The third-order valence-corrected chi connectivity index (χ3v) is 2.68. The van der Waals surface area contributed by atoms with Crippen LogP contribution in [0.25, 0.3) is 0 Å². The first-order valence-corrected chi connectivity index (χ1v) is 4.83. The topological polar surface area (TPSA) is 109 Å². The Morgan fingerprint density at radius 1 is 0.900 bits per heavy atom. The zero-order chi connectivity index (χ0) is 7.71. The second-order valence-electron chi connectivity index (χ2n) is 1.28. The summed E-state index contributed by atoms with van der Waals surface area (Å²) in [4.78, 5) is 0. The van der Waals surface area contributed by atoms with Gasteiger partial charge in [0.1, 0.15) is 0 Å². The van der Waals surface area contributed by atoms with E-state index in [1.54, 1.807) is 0 Å². The molecule has 0 unspecified atom stereocenters. The summed E-state index contributed by atoms with van der Waals surface area (Å²) in [6.07, 6.45) is 0. The Labute approximate surface area is 88.1 Å². The van der Waals surface area contributed by atoms with Crippen molar-refractivity contribution < 1.29 is 25.9 Å². The summed E-state index contributed by atoms with van der Waals surface area (Å²) < 4.78 is 54.2. The Morgan fingerprint density at radius 2 is 1.10 bits per heavy atom. The predicted octanol–water partition coefficient (Wildman–Crippen LogP) is -2.20. The molecule has 0 saturated heterocycles. The molecule has 0 heterocycles. The van der Waals surface area contributed by atoms with Crippen LogP contribution >= 0.6 is 0 Å². The molecular formula is CH6CaO6S2. The molecule has 0 atom stereocenters. The number of rotatable bonds is 2. The van der Waals surface area contributed by atoms with Crippen molar-refractivity contribution in [1.29, 1.82) is 0 Å². The van der Waals surface area contributed by atoms with E-state index < -0.39 is 25.3 Å². The Hall–Kier alpha value is 1.08. The summed E-state index contributed by atoms with van der Waals surface area (Å²) >= 11 is 0. The van der Waals surface area contributed by atoms with E-state index in [1.807, 2.05) is 0 Å². The van der Waals surface area contributed by atoms with Crippen molar-refractivity contribution in [1.82, 2.24) is 0 Å². The van der Waals surface area contributed by atoms with Gasteiger partial charge in [0.15, 0.2) is 0 Å². The SMILES string of the molecule is O=S(=O)(O)CS(=O)(=O)O.[CaH2]. The van der Waals surface area contributed by atoms with Crippen molar-refractivity contribution in [3.05, 3.63) is 0 Å². The molecule has 2 N–H and O–H groups in total. The summed E-state index contributed by atoms with van der Waals surface area (Å²) in [6, 6.07) is 0. The second kappa shape index (κ2) is 4.19. The van der Waals surface area contributed by atoms with E-state index in [0.717, 1.165) is 0 Å². The van der Waals surface area contributed by atoms with Crippen LogP contribution in [-0.4, -0.2) is 68.8 Å². The van der Waals surface area contributed by atoms with Gasteiger partial charge in [-0.1, -0.05) is 0 Å². The minimum atomic E-state index is -4.62. The van der Waals surface area contributed by atoms with E-state index in [1.165, 1.54) is 0 Å². The van der Waals surface area contributed by atoms with Gasteiger partial charge in [-0.05, 0) is 0 Å². The quantitative estimate of drug-likeness (QED) is 0.402. The third-order valence-electron chi connectivity index (χ3n) is 0.298. The molecule has 0 rings (SSSR count). The number of hydrogen-bond acceptors (Lipinski definition) is 4. The van der Waals surface area contributed by atoms with Gasteiger partial charge in [-0.2, -0.15) is 16.8 Å². The van der Waals surface area contributed by atoms with Crippen molar-refractivity contribution in [2.45, 2.75) is 0 Å². The summed E-state index contributed by atoms with van der Waals surface area (Å²) in [6.45, 7) is 0. The summed E-state index contributed by atoms with van der Waals surface area (Å²) in [5, 5.41) is -1.65. The van der Waals surface area contributed by atoms with Crippen LogP contribution in [0.3, 0.4) is 0 Å². The molecule has 0 aromatic heterocycles. The molecule has 10 heavy (non-hydrogen) atoms. The first-order valence-electron chi connectivity index (χ1n) is 1.61. The molecule has 0 fully saturated rings. The van der Waals surface area contributed by atoms with Crippen molar-refractivity contribution in [3.8, 4) is 0 Å². The van der Waals surface area contributed by atoms with E-state index in [-0.39, 0.29) is 37.7 Å².